The molecule has 0 amide bonds. The summed E-state index contributed by atoms with van der Waals surface area (Å²) in [5, 5.41) is 2.16. The van der Waals surface area contributed by atoms with Crippen LogP contribution in [-0.4, -0.2) is 26.0 Å². The number of halogens is 1. The second-order valence-corrected chi connectivity index (χ2v) is 13.2. The number of fused-ring (bicyclic) bond motifs is 4. The third-order valence-corrected chi connectivity index (χ3v) is 10.3. The van der Waals surface area contributed by atoms with Crippen molar-refractivity contribution in [2.45, 2.75) is 38.8 Å². The molecule has 2 aliphatic rings. The number of para-hydroxylation sites is 1. The first-order chi connectivity index (χ1) is 16.2. The van der Waals surface area contributed by atoms with E-state index >= 15 is 0 Å². The first-order valence-corrected chi connectivity index (χ1v) is 14.5. The van der Waals surface area contributed by atoms with Gasteiger partial charge in [-0.3, -0.25) is 0 Å². The number of likely N-dealkylation sites (N-methyl/N-ethyl adjacent to an activating group) is 1. The molecule has 0 N–H and O–H groups in total. The van der Waals surface area contributed by atoms with Crippen LogP contribution < -0.4 is 9.42 Å². The van der Waals surface area contributed by atoms with E-state index in [0.29, 0.717) is 5.75 Å². The van der Waals surface area contributed by atoms with Gasteiger partial charge in [0.25, 0.3) is 0 Å². The minimum absolute atomic E-state index is 0.265. The van der Waals surface area contributed by atoms with Gasteiger partial charge in [-0.05, 0) is 0 Å². The van der Waals surface area contributed by atoms with E-state index in [1.807, 2.05) is 57.3 Å². The summed E-state index contributed by atoms with van der Waals surface area (Å²) in [5.41, 5.74) is 1.58. The van der Waals surface area contributed by atoms with Crippen LogP contribution in [0.2, 0.25) is 0 Å². The molecule has 0 radical (unpaired) electrons. The van der Waals surface area contributed by atoms with Gasteiger partial charge in [0, 0.05) is 0 Å². The third kappa shape index (κ3) is 3.30. The zero-order valence-corrected chi connectivity index (χ0v) is 21.9. The number of benzene rings is 3. The third-order valence-electron chi connectivity index (χ3n) is 6.94. The molecular formula is C27H31ClNO4P. The molecule has 1 unspecified atom stereocenters. The Morgan fingerprint density at radius 3 is 2.32 bits per heavy atom. The van der Waals surface area contributed by atoms with Gasteiger partial charge in [0.05, 0.1) is 0 Å². The summed E-state index contributed by atoms with van der Waals surface area (Å²) in [7, 11) is 2.01. The van der Waals surface area contributed by atoms with Crippen molar-refractivity contribution in [2.24, 2.45) is 0 Å². The van der Waals surface area contributed by atoms with E-state index in [1.165, 1.54) is 0 Å². The molecule has 7 heteroatoms. The number of nitrogens with zero attached hydrogens (tertiary/aromatic N) is 1. The molecule has 5 rings (SSSR count). The van der Waals surface area contributed by atoms with Gasteiger partial charge in [-0.2, -0.15) is 0 Å². The molecule has 34 heavy (non-hydrogen) atoms. The molecule has 3 aromatic carbocycles. The second kappa shape index (κ2) is 7.94. The van der Waals surface area contributed by atoms with Crippen molar-refractivity contribution in [3.05, 3.63) is 77.9 Å². The predicted molar refractivity (Wildman–Crippen MR) is 141 cm³/mol. The Bertz CT molecular complexity index is 1290. The second-order valence-electron chi connectivity index (χ2n) is 9.17. The summed E-state index contributed by atoms with van der Waals surface area (Å²) in [6.07, 6.45) is 4.17. The standard InChI is InChI=1S/C27H31ClNO4P/c1-6-30-34(28,31-7-2)32-25-17-16-20-12-8-9-13-21(20)22(25)18-19-27(33-34)26(3,4)23-14-10-11-15-24(23)29(27)5/h8-19H,6-7H2,1-5H3/b19-18-. The SMILES string of the molecule is CCOP1(Cl)(OCC)Oc2ccc3ccccc3c2/C=C\C2(O1)N(C)c1ccccc1C2(C)C. The van der Waals surface area contributed by atoms with Crippen LogP contribution in [0.1, 0.15) is 38.8 Å². The number of hydrogen-bond acceptors (Lipinski definition) is 5. The van der Waals surface area contributed by atoms with Crippen LogP contribution >= 0.6 is 18.1 Å². The molecule has 0 saturated carbocycles. The molecule has 5 nitrogen and oxygen atoms in total. The average Bonchev–Trinajstić information content (AvgIpc) is 2.96. The van der Waals surface area contributed by atoms with E-state index in [4.69, 9.17) is 29.3 Å². The summed E-state index contributed by atoms with van der Waals surface area (Å²) in [5.74, 6) is 0.565. The van der Waals surface area contributed by atoms with Crippen LogP contribution in [0.15, 0.2) is 66.7 Å². The number of rotatable bonds is 4. The molecule has 180 valence electrons. The molecule has 0 aliphatic carbocycles. The summed E-state index contributed by atoms with van der Waals surface area (Å²) in [6.45, 7) is 3.93. The molecule has 0 bridgehead atoms. The Morgan fingerprint density at radius 1 is 0.941 bits per heavy atom. The van der Waals surface area contributed by atoms with Crippen LogP contribution in [0.25, 0.3) is 16.8 Å². The van der Waals surface area contributed by atoms with Crippen molar-refractivity contribution in [1.29, 1.82) is 0 Å². The summed E-state index contributed by atoms with van der Waals surface area (Å²) >= 11 is 7.38. The Morgan fingerprint density at radius 2 is 1.62 bits per heavy atom. The minimum atomic E-state index is -4.64. The average molecular weight is 500 g/mol. The normalized spacial score (nSPS) is 25.9. The Hall–Kier alpha value is -2.14. The van der Waals surface area contributed by atoms with Crippen LogP contribution in [0.3, 0.4) is 0 Å². The van der Waals surface area contributed by atoms with Crippen molar-refractivity contribution in [3.63, 3.8) is 0 Å². The fourth-order valence-corrected chi connectivity index (χ4v) is 8.90. The van der Waals surface area contributed by atoms with Crippen molar-refractivity contribution in [3.8, 4) is 5.75 Å². The summed E-state index contributed by atoms with van der Waals surface area (Å²) in [6, 6.07) is 20.4. The Kier molecular flexibility index (Phi) is 5.51. The van der Waals surface area contributed by atoms with Crippen molar-refractivity contribution >= 4 is 40.6 Å². The van der Waals surface area contributed by atoms with Crippen LogP contribution in [-0.2, 0) is 19.0 Å². The van der Waals surface area contributed by atoms with Crippen molar-refractivity contribution < 1.29 is 18.1 Å². The van der Waals surface area contributed by atoms with Gasteiger partial charge in [-0.25, -0.2) is 0 Å². The zero-order valence-electron chi connectivity index (χ0n) is 20.2. The number of hydrogen-bond donors (Lipinski definition) is 0. The molecule has 2 heterocycles. The first-order valence-electron chi connectivity index (χ1n) is 11.7. The van der Waals surface area contributed by atoms with Gasteiger partial charge in [0.2, 0.25) is 0 Å². The van der Waals surface area contributed by atoms with Gasteiger partial charge < -0.3 is 0 Å². The molecule has 0 fully saturated rings. The van der Waals surface area contributed by atoms with Gasteiger partial charge in [0.15, 0.2) is 0 Å². The van der Waals surface area contributed by atoms with E-state index < -0.39 is 18.0 Å². The molecule has 1 spiro atoms. The zero-order chi connectivity index (χ0) is 24.2. The van der Waals surface area contributed by atoms with Crippen LogP contribution in [0, 0.1) is 0 Å². The Balaban J connectivity index is 1.84. The van der Waals surface area contributed by atoms with E-state index in [1.54, 1.807) is 0 Å². The van der Waals surface area contributed by atoms with Gasteiger partial charge >= 0.3 is 206 Å². The summed E-state index contributed by atoms with van der Waals surface area (Å²) < 4.78 is 25.9. The fraction of sp³-hybridized carbons (Fsp3) is 0.333. The quantitative estimate of drug-likeness (QED) is 0.342. The van der Waals surface area contributed by atoms with Crippen molar-refractivity contribution in [2.75, 3.05) is 25.2 Å². The molecule has 2 aliphatic heterocycles. The fourth-order valence-electron chi connectivity index (χ4n) is 5.29. The van der Waals surface area contributed by atoms with E-state index in [0.717, 1.165) is 27.6 Å². The molecular weight excluding hydrogens is 469 g/mol. The number of anilines is 1. The Labute approximate surface area is 206 Å². The van der Waals surface area contributed by atoms with E-state index in [9.17, 15) is 0 Å². The maximum absolute atomic E-state index is 7.38. The molecule has 0 aromatic heterocycles. The monoisotopic (exact) mass is 499 g/mol. The van der Waals surface area contributed by atoms with Crippen LogP contribution in [0.5, 0.6) is 5.75 Å². The van der Waals surface area contributed by atoms with E-state index in [-0.39, 0.29) is 13.2 Å². The van der Waals surface area contributed by atoms with E-state index in [2.05, 4.69) is 55.2 Å². The van der Waals surface area contributed by atoms with Crippen molar-refractivity contribution in [1.82, 2.24) is 0 Å². The summed E-state index contributed by atoms with van der Waals surface area (Å²) in [4.78, 5) is 2.11. The topological polar surface area (TPSA) is 40.2 Å². The molecule has 3 aromatic rings. The van der Waals surface area contributed by atoms with Gasteiger partial charge in [-0.15, -0.1) is 0 Å². The maximum atomic E-state index is 7.38. The molecule has 1 atom stereocenters. The van der Waals surface area contributed by atoms with Crippen LogP contribution in [0.4, 0.5) is 5.69 Å². The van der Waals surface area contributed by atoms with Gasteiger partial charge in [-0.1, -0.05) is 0 Å². The van der Waals surface area contributed by atoms with Gasteiger partial charge in [0.1, 0.15) is 0 Å². The first kappa shape index (κ1) is 23.6. The molecule has 0 saturated heterocycles. The predicted octanol–water partition coefficient (Wildman–Crippen LogP) is 7.83.